The van der Waals surface area contributed by atoms with Gasteiger partial charge in [-0.15, -0.1) is 11.3 Å². The van der Waals surface area contributed by atoms with Crippen LogP contribution in [0, 0.1) is 0 Å². The number of nitrogens with zero attached hydrogens (tertiary/aromatic N) is 1. The lowest BCUT2D eigenvalue weighted by atomic mass is 10.2. The van der Waals surface area contributed by atoms with E-state index in [1.54, 1.807) is 11.3 Å². The molecule has 0 unspecified atom stereocenters. The van der Waals surface area contributed by atoms with Crippen molar-refractivity contribution in [2.45, 2.75) is 31.8 Å². The highest BCUT2D eigenvalue weighted by atomic mass is 32.1. The lowest BCUT2D eigenvalue weighted by Gasteiger charge is -2.14. The van der Waals surface area contributed by atoms with Gasteiger partial charge < -0.3 is 10.5 Å². The van der Waals surface area contributed by atoms with Crippen LogP contribution in [0.15, 0.2) is 17.6 Å². The fourth-order valence-electron chi connectivity index (χ4n) is 2.22. The van der Waals surface area contributed by atoms with Crippen molar-refractivity contribution in [1.29, 1.82) is 0 Å². The summed E-state index contributed by atoms with van der Waals surface area (Å²) in [5.74, 6) is 0.797. The highest BCUT2D eigenvalue weighted by Gasteiger charge is 2.18. The quantitative estimate of drug-likeness (QED) is 0.812. The smallest absolute Gasteiger partial charge is 0.144 e. The van der Waals surface area contributed by atoms with Crippen molar-refractivity contribution >= 4 is 27.2 Å². The molecule has 0 spiro atoms. The largest absolute Gasteiger partial charge is 0.488 e. The molecule has 1 aliphatic rings. The number of nitrogens with two attached hydrogens (primary N) is 1. The Kier molecular flexibility index (Phi) is 2.44. The highest BCUT2D eigenvalue weighted by molar-refractivity contribution is 7.16. The molecule has 0 radical (unpaired) electrons. The Morgan fingerprint density at radius 2 is 2.12 bits per heavy atom. The molecule has 2 N–H and O–H groups in total. The summed E-state index contributed by atoms with van der Waals surface area (Å²) in [6, 6.07) is 4.00. The van der Waals surface area contributed by atoms with Gasteiger partial charge in [-0.05, 0) is 37.8 Å². The summed E-state index contributed by atoms with van der Waals surface area (Å²) in [7, 11) is 0. The molecule has 4 heteroatoms. The number of hydrogen-bond donors (Lipinski definition) is 1. The maximum Gasteiger partial charge on any atom is 0.144 e. The van der Waals surface area contributed by atoms with Gasteiger partial charge in [0.25, 0.3) is 0 Å². The molecule has 16 heavy (non-hydrogen) atoms. The number of ether oxygens (including phenoxy) is 1. The Balaban J connectivity index is 1.93. The van der Waals surface area contributed by atoms with Crippen LogP contribution in [0.1, 0.15) is 25.7 Å². The second-order valence-corrected chi connectivity index (χ2v) is 5.09. The summed E-state index contributed by atoms with van der Waals surface area (Å²) in [5.41, 5.74) is 9.44. The topological polar surface area (TPSA) is 48.1 Å². The van der Waals surface area contributed by atoms with E-state index in [-0.39, 0.29) is 0 Å². The monoisotopic (exact) mass is 234 g/mol. The molecule has 2 aromatic rings. The van der Waals surface area contributed by atoms with Crippen molar-refractivity contribution in [2.75, 3.05) is 5.73 Å². The number of anilines is 1. The summed E-state index contributed by atoms with van der Waals surface area (Å²) in [6.45, 7) is 0. The van der Waals surface area contributed by atoms with Crippen LogP contribution in [0.2, 0.25) is 0 Å². The third kappa shape index (κ3) is 1.63. The van der Waals surface area contributed by atoms with E-state index in [0.717, 1.165) is 28.8 Å². The SMILES string of the molecule is Nc1c(OC2CCCC2)ccc2scnc12. The predicted molar refractivity (Wildman–Crippen MR) is 66.9 cm³/mol. The number of hydrogen-bond acceptors (Lipinski definition) is 4. The van der Waals surface area contributed by atoms with Gasteiger partial charge in [-0.1, -0.05) is 0 Å². The summed E-state index contributed by atoms with van der Waals surface area (Å²) in [5, 5.41) is 0. The maximum absolute atomic E-state index is 6.06. The second-order valence-electron chi connectivity index (χ2n) is 4.20. The Bertz CT molecular complexity index is 503. The molecule has 3 rings (SSSR count). The molecule has 1 aromatic carbocycles. The van der Waals surface area contributed by atoms with Crippen molar-refractivity contribution in [1.82, 2.24) is 4.98 Å². The minimum Gasteiger partial charge on any atom is -0.488 e. The van der Waals surface area contributed by atoms with Crippen LogP contribution in [0.25, 0.3) is 10.2 Å². The zero-order valence-electron chi connectivity index (χ0n) is 8.98. The first-order chi connectivity index (χ1) is 7.84. The summed E-state index contributed by atoms with van der Waals surface area (Å²) in [6.07, 6.45) is 5.18. The zero-order valence-corrected chi connectivity index (χ0v) is 9.80. The third-order valence-corrected chi connectivity index (χ3v) is 3.89. The van der Waals surface area contributed by atoms with E-state index in [1.807, 2.05) is 17.6 Å². The summed E-state index contributed by atoms with van der Waals surface area (Å²) >= 11 is 1.61. The van der Waals surface area contributed by atoms with E-state index in [0.29, 0.717) is 11.8 Å². The molecule has 1 heterocycles. The van der Waals surface area contributed by atoms with Gasteiger partial charge in [-0.2, -0.15) is 0 Å². The van der Waals surface area contributed by atoms with E-state index in [2.05, 4.69) is 4.98 Å². The Labute approximate surface area is 98.2 Å². The molecule has 0 bridgehead atoms. The standard InChI is InChI=1S/C12H14N2OS/c13-11-9(15-8-3-1-2-4-8)5-6-10-12(11)14-7-16-10/h5-8H,1-4,13H2. The lowest BCUT2D eigenvalue weighted by Crippen LogP contribution is -2.12. The molecule has 1 aliphatic carbocycles. The number of fused-ring (bicyclic) bond motifs is 1. The molecular formula is C12H14N2OS. The number of rotatable bonds is 2. The average Bonchev–Trinajstić information content (AvgIpc) is 2.93. The van der Waals surface area contributed by atoms with E-state index < -0.39 is 0 Å². The minimum atomic E-state index is 0.346. The van der Waals surface area contributed by atoms with Crippen molar-refractivity contribution in [3.63, 3.8) is 0 Å². The summed E-state index contributed by atoms with van der Waals surface area (Å²) < 4.78 is 7.04. The van der Waals surface area contributed by atoms with Crippen LogP contribution in [0.4, 0.5) is 5.69 Å². The van der Waals surface area contributed by atoms with Crippen molar-refractivity contribution in [3.8, 4) is 5.75 Å². The first kappa shape index (κ1) is 9.90. The molecule has 1 aromatic heterocycles. The summed E-state index contributed by atoms with van der Waals surface area (Å²) in [4.78, 5) is 4.27. The van der Waals surface area contributed by atoms with Crippen LogP contribution in [0.5, 0.6) is 5.75 Å². The predicted octanol–water partition coefficient (Wildman–Crippen LogP) is 3.20. The van der Waals surface area contributed by atoms with Gasteiger partial charge in [0.1, 0.15) is 17.0 Å². The molecule has 3 nitrogen and oxygen atoms in total. The van der Waals surface area contributed by atoms with Gasteiger partial charge in [0.15, 0.2) is 0 Å². The van der Waals surface area contributed by atoms with Crippen molar-refractivity contribution < 1.29 is 4.74 Å². The third-order valence-electron chi connectivity index (χ3n) is 3.10. The Morgan fingerprint density at radius 1 is 1.31 bits per heavy atom. The molecule has 84 valence electrons. The van der Waals surface area contributed by atoms with E-state index in [1.165, 1.54) is 12.8 Å². The van der Waals surface area contributed by atoms with Crippen LogP contribution >= 0.6 is 11.3 Å². The lowest BCUT2D eigenvalue weighted by molar-refractivity contribution is 0.211. The van der Waals surface area contributed by atoms with E-state index in [9.17, 15) is 0 Å². The molecule has 0 amide bonds. The molecule has 0 aliphatic heterocycles. The number of nitrogen functional groups attached to an aromatic ring is 1. The van der Waals surface area contributed by atoms with Gasteiger partial charge in [0.05, 0.1) is 16.3 Å². The Morgan fingerprint density at radius 3 is 2.94 bits per heavy atom. The average molecular weight is 234 g/mol. The first-order valence-corrected chi connectivity index (χ1v) is 6.51. The Hall–Kier alpha value is -1.29. The van der Waals surface area contributed by atoms with Crippen molar-refractivity contribution in [2.24, 2.45) is 0 Å². The van der Waals surface area contributed by atoms with Gasteiger partial charge in [-0.25, -0.2) is 4.98 Å². The van der Waals surface area contributed by atoms with Gasteiger partial charge in [0.2, 0.25) is 0 Å². The van der Waals surface area contributed by atoms with Gasteiger partial charge in [0, 0.05) is 0 Å². The minimum absolute atomic E-state index is 0.346. The molecule has 1 fully saturated rings. The van der Waals surface area contributed by atoms with Gasteiger partial charge in [-0.3, -0.25) is 0 Å². The van der Waals surface area contributed by atoms with E-state index in [4.69, 9.17) is 10.5 Å². The highest BCUT2D eigenvalue weighted by Crippen LogP contribution is 2.34. The fourth-order valence-corrected chi connectivity index (χ4v) is 2.91. The van der Waals surface area contributed by atoms with Crippen LogP contribution in [0.3, 0.4) is 0 Å². The molecule has 0 saturated heterocycles. The molecule has 0 atom stereocenters. The fraction of sp³-hybridized carbons (Fsp3) is 0.417. The van der Waals surface area contributed by atoms with E-state index >= 15 is 0 Å². The number of thiazole rings is 1. The zero-order chi connectivity index (χ0) is 11.0. The second kappa shape index (κ2) is 3.94. The number of aromatic nitrogens is 1. The molecular weight excluding hydrogens is 220 g/mol. The number of benzene rings is 1. The maximum atomic E-state index is 6.06. The van der Waals surface area contributed by atoms with Crippen LogP contribution in [-0.4, -0.2) is 11.1 Å². The molecule has 1 saturated carbocycles. The van der Waals surface area contributed by atoms with Crippen LogP contribution in [-0.2, 0) is 0 Å². The van der Waals surface area contributed by atoms with Crippen molar-refractivity contribution in [3.05, 3.63) is 17.6 Å². The van der Waals surface area contributed by atoms with Crippen LogP contribution < -0.4 is 10.5 Å². The van der Waals surface area contributed by atoms with Gasteiger partial charge >= 0.3 is 0 Å². The first-order valence-electron chi connectivity index (χ1n) is 5.63. The normalized spacial score (nSPS) is 17.0.